The van der Waals surface area contributed by atoms with Gasteiger partial charge in [-0.1, -0.05) is 12.1 Å². The number of aryl methyl sites for hydroxylation is 1. The molecule has 28 heavy (non-hydrogen) atoms. The molecule has 1 aliphatic heterocycles. The number of nitrogens with one attached hydrogen (secondary N) is 2. The highest BCUT2D eigenvalue weighted by Crippen LogP contribution is 2.26. The molecule has 6 nitrogen and oxygen atoms in total. The SMILES string of the molecule is COc1ccc(CCC(C)Nc2nc(-c3cccnc3)nc3c2CNC3)cc1. The molecule has 1 aliphatic rings. The van der Waals surface area contributed by atoms with E-state index in [1.54, 1.807) is 19.5 Å². The van der Waals surface area contributed by atoms with Crippen molar-refractivity contribution >= 4 is 5.82 Å². The van der Waals surface area contributed by atoms with Crippen molar-refractivity contribution in [1.29, 1.82) is 0 Å². The number of hydrogen-bond donors (Lipinski definition) is 2. The molecule has 1 aromatic carbocycles. The average Bonchev–Trinajstić information content (AvgIpc) is 3.22. The number of pyridine rings is 1. The van der Waals surface area contributed by atoms with Gasteiger partial charge in [-0.2, -0.15) is 0 Å². The predicted molar refractivity (Wildman–Crippen MR) is 110 cm³/mol. The van der Waals surface area contributed by atoms with Crippen LogP contribution in [-0.2, 0) is 19.5 Å². The Morgan fingerprint density at radius 2 is 2.00 bits per heavy atom. The number of anilines is 1. The molecule has 4 rings (SSSR count). The molecular weight excluding hydrogens is 350 g/mol. The molecule has 2 N–H and O–H groups in total. The molecule has 1 unspecified atom stereocenters. The summed E-state index contributed by atoms with van der Waals surface area (Å²) in [6.45, 7) is 3.78. The number of methoxy groups -OCH3 is 1. The molecule has 0 amide bonds. The molecule has 0 fully saturated rings. The molecule has 0 spiro atoms. The topological polar surface area (TPSA) is 72.0 Å². The van der Waals surface area contributed by atoms with Gasteiger partial charge in [0.05, 0.1) is 12.8 Å². The van der Waals surface area contributed by atoms with Crippen LogP contribution in [0.3, 0.4) is 0 Å². The lowest BCUT2D eigenvalue weighted by Gasteiger charge is -2.17. The summed E-state index contributed by atoms with van der Waals surface area (Å²) in [6.07, 6.45) is 5.58. The minimum absolute atomic E-state index is 0.295. The summed E-state index contributed by atoms with van der Waals surface area (Å²) in [7, 11) is 1.69. The van der Waals surface area contributed by atoms with Gasteiger partial charge in [-0.05, 0) is 49.6 Å². The van der Waals surface area contributed by atoms with Crippen LogP contribution in [0.2, 0.25) is 0 Å². The number of aromatic nitrogens is 3. The fourth-order valence-corrected chi connectivity index (χ4v) is 3.39. The summed E-state index contributed by atoms with van der Waals surface area (Å²) in [6, 6.07) is 12.5. The number of fused-ring (bicyclic) bond motifs is 1. The van der Waals surface area contributed by atoms with Gasteiger partial charge in [0.2, 0.25) is 0 Å². The maximum Gasteiger partial charge on any atom is 0.163 e. The molecule has 0 aliphatic carbocycles. The van der Waals surface area contributed by atoms with E-state index < -0.39 is 0 Å². The van der Waals surface area contributed by atoms with Crippen LogP contribution in [0.4, 0.5) is 5.82 Å². The summed E-state index contributed by atoms with van der Waals surface area (Å²) in [5.41, 5.74) is 4.48. The van der Waals surface area contributed by atoms with E-state index >= 15 is 0 Å². The summed E-state index contributed by atoms with van der Waals surface area (Å²) < 4.78 is 5.23. The van der Waals surface area contributed by atoms with Gasteiger partial charge in [0, 0.05) is 42.7 Å². The largest absolute Gasteiger partial charge is 0.497 e. The van der Waals surface area contributed by atoms with Gasteiger partial charge in [-0.15, -0.1) is 0 Å². The Labute approximate surface area is 165 Å². The Morgan fingerprint density at radius 3 is 2.75 bits per heavy atom. The van der Waals surface area contributed by atoms with Gasteiger partial charge in [-0.25, -0.2) is 9.97 Å². The van der Waals surface area contributed by atoms with E-state index in [2.05, 4.69) is 34.7 Å². The second-order valence-electron chi connectivity index (χ2n) is 7.10. The number of ether oxygens (including phenoxy) is 1. The van der Waals surface area contributed by atoms with Gasteiger partial charge in [0.25, 0.3) is 0 Å². The fraction of sp³-hybridized carbons (Fsp3) is 0.318. The Kier molecular flexibility index (Phi) is 5.48. The molecule has 6 heteroatoms. The maximum absolute atomic E-state index is 5.23. The highest BCUT2D eigenvalue weighted by atomic mass is 16.5. The van der Waals surface area contributed by atoms with Crippen molar-refractivity contribution in [3.63, 3.8) is 0 Å². The van der Waals surface area contributed by atoms with Crippen LogP contribution >= 0.6 is 0 Å². The minimum Gasteiger partial charge on any atom is -0.497 e. The van der Waals surface area contributed by atoms with Crippen molar-refractivity contribution in [2.75, 3.05) is 12.4 Å². The Morgan fingerprint density at radius 1 is 1.14 bits per heavy atom. The zero-order valence-electron chi connectivity index (χ0n) is 16.3. The monoisotopic (exact) mass is 375 g/mol. The molecule has 2 aromatic heterocycles. The van der Waals surface area contributed by atoms with E-state index in [1.807, 2.05) is 24.3 Å². The number of rotatable bonds is 7. The average molecular weight is 375 g/mol. The van der Waals surface area contributed by atoms with E-state index in [9.17, 15) is 0 Å². The molecule has 3 heterocycles. The van der Waals surface area contributed by atoms with Gasteiger partial charge in [0.1, 0.15) is 11.6 Å². The third-order valence-electron chi connectivity index (χ3n) is 5.01. The van der Waals surface area contributed by atoms with Crippen LogP contribution < -0.4 is 15.4 Å². The van der Waals surface area contributed by atoms with Gasteiger partial charge >= 0.3 is 0 Å². The molecule has 3 aromatic rings. The molecule has 144 valence electrons. The first-order chi connectivity index (χ1) is 13.7. The Hall–Kier alpha value is -2.99. The van der Waals surface area contributed by atoms with E-state index in [-0.39, 0.29) is 0 Å². The minimum atomic E-state index is 0.295. The van der Waals surface area contributed by atoms with Crippen LogP contribution in [0.15, 0.2) is 48.8 Å². The van der Waals surface area contributed by atoms with Gasteiger partial charge < -0.3 is 15.4 Å². The quantitative estimate of drug-likeness (QED) is 0.658. The Balaban J connectivity index is 1.48. The summed E-state index contributed by atoms with van der Waals surface area (Å²) in [5.74, 6) is 2.54. The maximum atomic E-state index is 5.23. The van der Waals surface area contributed by atoms with Crippen LogP contribution in [0.1, 0.15) is 30.2 Å². The molecule has 0 saturated heterocycles. The van der Waals surface area contributed by atoms with E-state index in [0.717, 1.165) is 54.6 Å². The molecule has 1 atom stereocenters. The highest BCUT2D eigenvalue weighted by molar-refractivity contribution is 5.59. The molecule has 0 saturated carbocycles. The second kappa shape index (κ2) is 8.35. The van der Waals surface area contributed by atoms with E-state index in [4.69, 9.17) is 14.7 Å². The summed E-state index contributed by atoms with van der Waals surface area (Å²) in [5, 5.41) is 6.99. The van der Waals surface area contributed by atoms with Gasteiger partial charge in [0.15, 0.2) is 5.82 Å². The zero-order valence-corrected chi connectivity index (χ0v) is 16.3. The van der Waals surface area contributed by atoms with Crippen molar-refractivity contribution in [2.24, 2.45) is 0 Å². The number of hydrogen-bond acceptors (Lipinski definition) is 6. The van der Waals surface area contributed by atoms with E-state index in [0.29, 0.717) is 6.04 Å². The highest BCUT2D eigenvalue weighted by Gasteiger charge is 2.20. The third kappa shape index (κ3) is 4.12. The normalized spacial score (nSPS) is 13.8. The zero-order chi connectivity index (χ0) is 19.3. The lowest BCUT2D eigenvalue weighted by Crippen LogP contribution is -2.19. The third-order valence-corrected chi connectivity index (χ3v) is 5.01. The molecule has 0 bridgehead atoms. The first-order valence-electron chi connectivity index (χ1n) is 9.63. The van der Waals surface area contributed by atoms with Crippen LogP contribution in [-0.4, -0.2) is 28.1 Å². The molecule has 0 radical (unpaired) electrons. The van der Waals surface area contributed by atoms with Gasteiger partial charge in [-0.3, -0.25) is 4.98 Å². The Bertz CT molecular complexity index is 928. The first-order valence-corrected chi connectivity index (χ1v) is 9.63. The lowest BCUT2D eigenvalue weighted by atomic mass is 10.1. The predicted octanol–water partition coefficient (Wildman–Crippen LogP) is 3.58. The standard InChI is InChI=1S/C22H25N5O/c1-15(5-6-16-7-9-18(28-2)10-8-16)25-22-19-13-24-14-20(19)26-21(27-22)17-4-3-11-23-12-17/h3-4,7-12,15,24H,5-6,13-14H2,1-2H3,(H,25,26,27). The molecular formula is C22H25N5O. The summed E-state index contributed by atoms with van der Waals surface area (Å²) >= 11 is 0. The van der Waals surface area contributed by atoms with Crippen LogP contribution in [0.25, 0.3) is 11.4 Å². The number of benzene rings is 1. The van der Waals surface area contributed by atoms with Crippen molar-refractivity contribution < 1.29 is 4.74 Å². The first kappa shape index (κ1) is 18.4. The number of nitrogens with zero attached hydrogens (tertiary/aromatic N) is 3. The summed E-state index contributed by atoms with van der Waals surface area (Å²) in [4.78, 5) is 13.7. The fourth-order valence-electron chi connectivity index (χ4n) is 3.39. The van der Waals surface area contributed by atoms with Crippen molar-refractivity contribution in [3.05, 3.63) is 65.6 Å². The van der Waals surface area contributed by atoms with E-state index in [1.165, 1.54) is 11.1 Å². The van der Waals surface area contributed by atoms with Crippen molar-refractivity contribution in [2.45, 2.75) is 38.9 Å². The smallest absolute Gasteiger partial charge is 0.163 e. The van der Waals surface area contributed by atoms with Crippen molar-refractivity contribution in [3.8, 4) is 17.1 Å². The van der Waals surface area contributed by atoms with Crippen LogP contribution in [0, 0.1) is 0 Å². The second-order valence-corrected chi connectivity index (χ2v) is 7.10. The lowest BCUT2D eigenvalue weighted by molar-refractivity contribution is 0.414. The van der Waals surface area contributed by atoms with Crippen molar-refractivity contribution in [1.82, 2.24) is 20.3 Å². The van der Waals surface area contributed by atoms with Crippen LogP contribution in [0.5, 0.6) is 5.75 Å².